The van der Waals surface area contributed by atoms with Crippen LogP contribution in [0, 0.1) is 34.5 Å². The van der Waals surface area contributed by atoms with E-state index in [1.54, 1.807) is 0 Å². The second-order valence-corrected chi connectivity index (χ2v) is 9.26. The van der Waals surface area contributed by atoms with Gasteiger partial charge in [0.1, 0.15) is 6.26 Å². The van der Waals surface area contributed by atoms with E-state index in [9.17, 15) is 5.11 Å². The van der Waals surface area contributed by atoms with Crippen molar-refractivity contribution in [1.29, 1.82) is 0 Å². The Balaban J connectivity index is 1.69. The smallest absolute Gasteiger partial charge is 0.127 e. The van der Waals surface area contributed by atoms with E-state index in [0.29, 0.717) is 17.8 Å². The van der Waals surface area contributed by atoms with Gasteiger partial charge in [-0.15, -0.1) is 0 Å². The Morgan fingerprint density at radius 1 is 1.36 bits per heavy atom. The molecule has 138 valence electrons. The van der Waals surface area contributed by atoms with Crippen LogP contribution in [0.15, 0.2) is 22.9 Å². The molecule has 3 aliphatic rings. The molecule has 2 fully saturated rings. The average Bonchev–Trinajstić information content (AvgIpc) is 3.17. The summed E-state index contributed by atoms with van der Waals surface area (Å²) in [6.45, 7) is 10.1. The molecule has 3 aliphatic carbocycles. The summed E-state index contributed by atoms with van der Waals surface area (Å²) in [5.74, 6) is 1.93. The van der Waals surface area contributed by atoms with Crippen LogP contribution in [0.3, 0.4) is 0 Å². The molecule has 4 nitrogen and oxygen atoms in total. The zero-order chi connectivity index (χ0) is 17.8. The van der Waals surface area contributed by atoms with E-state index in [2.05, 4.69) is 25.6 Å². The van der Waals surface area contributed by atoms with Crippen LogP contribution < -0.4 is 5.73 Å². The van der Waals surface area contributed by atoms with E-state index in [1.807, 2.05) is 6.26 Å². The molecule has 1 aromatic rings. The highest BCUT2D eigenvalue weighted by molar-refractivity contribution is 5.25. The maximum Gasteiger partial charge on any atom is 0.127 e. The molecule has 1 heterocycles. The normalized spacial score (nSPS) is 43.8. The highest BCUT2D eigenvalue weighted by atomic mass is 16.5. The number of aromatic nitrogens is 1. The van der Waals surface area contributed by atoms with Crippen molar-refractivity contribution in [3.63, 3.8) is 0 Å². The summed E-state index contributed by atoms with van der Waals surface area (Å²) in [4.78, 5) is 0. The van der Waals surface area contributed by atoms with Crippen LogP contribution in [0.2, 0.25) is 0 Å². The fraction of sp³-hybridized carbons (Fsp3) is 0.762. The highest BCUT2D eigenvalue weighted by Gasteiger charge is 2.56. The number of allylic oxidation sites excluding steroid dienone is 1. The maximum atomic E-state index is 10.2. The van der Waals surface area contributed by atoms with Crippen LogP contribution in [-0.2, 0) is 12.8 Å². The lowest BCUT2D eigenvalue weighted by Crippen LogP contribution is -2.53. The van der Waals surface area contributed by atoms with Crippen molar-refractivity contribution in [3.05, 3.63) is 29.7 Å². The molecule has 0 aromatic carbocycles. The van der Waals surface area contributed by atoms with Crippen LogP contribution in [0.1, 0.15) is 50.8 Å². The average molecular weight is 344 g/mol. The molecule has 3 N–H and O–H groups in total. The highest BCUT2D eigenvalue weighted by Crippen LogP contribution is 2.62. The summed E-state index contributed by atoms with van der Waals surface area (Å²) >= 11 is 0. The first-order valence-corrected chi connectivity index (χ1v) is 9.85. The Bertz CT molecular complexity index is 669. The van der Waals surface area contributed by atoms with Crippen molar-refractivity contribution >= 4 is 0 Å². The molecule has 0 amide bonds. The van der Waals surface area contributed by atoms with Crippen LogP contribution in [-0.4, -0.2) is 23.4 Å². The van der Waals surface area contributed by atoms with Gasteiger partial charge in [0.05, 0.1) is 5.69 Å². The summed E-state index contributed by atoms with van der Waals surface area (Å²) in [7, 11) is 0. The lowest BCUT2D eigenvalue weighted by atomic mass is 9.49. The van der Waals surface area contributed by atoms with Gasteiger partial charge in [-0.1, -0.05) is 31.2 Å². The molecular weight excluding hydrogens is 312 g/mol. The Morgan fingerprint density at radius 2 is 2.16 bits per heavy atom. The van der Waals surface area contributed by atoms with Gasteiger partial charge in [-0.05, 0) is 79.6 Å². The maximum absolute atomic E-state index is 10.2. The van der Waals surface area contributed by atoms with Gasteiger partial charge in [0.2, 0.25) is 0 Å². The molecule has 2 saturated carbocycles. The van der Waals surface area contributed by atoms with E-state index in [0.717, 1.165) is 31.5 Å². The van der Waals surface area contributed by atoms with Gasteiger partial charge in [-0.2, -0.15) is 0 Å². The van der Waals surface area contributed by atoms with E-state index in [1.165, 1.54) is 30.4 Å². The lowest BCUT2D eigenvalue weighted by Gasteiger charge is -2.55. The molecule has 0 unspecified atom stereocenters. The van der Waals surface area contributed by atoms with Crippen molar-refractivity contribution < 1.29 is 9.63 Å². The van der Waals surface area contributed by atoms with E-state index in [4.69, 9.17) is 10.3 Å². The van der Waals surface area contributed by atoms with Gasteiger partial charge in [0.25, 0.3) is 0 Å². The zero-order valence-electron chi connectivity index (χ0n) is 15.6. The number of rotatable bonds is 3. The number of nitrogens with zero attached hydrogens (tertiary/aromatic N) is 1. The topological polar surface area (TPSA) is 72.3 Å². The molecule has 0 bridgehead atoms. The summed E-state index contributed by atoms with van der Waals surface area (Å²) < 4.78 is 5.23. The summed E-state index contributed by atoms with van der Waals surface area (Å²) in [6.07, 6.45) is 8.35. The van der Waals surface area contributed by atoms with Crippen molar-refractivity contribution in [2.75, 3.05) is 13.2 Å². The number of aliphatic hydroxyl groups excluding tert-OH is 1. The van der Waals surface area contributed by atoms with Crippen molar-refractivity contribution in [2.45, 2.75) is 52.4 Å². The van der Waals surface area contributed by atoms with E-state index >= 15 is 0 Å². The molecule has 4 heteroatoms. The quantitative estimate of drug-likeness (QED) is 0.825. The van der Waals surface area contributed by atoms with Gasteiger partial charge in [0, 0.05) is 12.2 Å². The number of nitrogens with two attached hydrogens (primary N) is 1. The molecule has 0 saturated heterocycles. The van der Waals surface area contributed by atoms with Crippen LogP contribution in [0.5, 0.6) is 0 Å². The fourth-order valence-corrected chi connectivity index (χ4v) is 6.66. The largest absolute Gasteiger partial charge is 0.396 e. The first kappa shape index (κ1) is 17.3. The molecule has 4 rings (SSSR count). The number of fused-ring (bicyclic) bond motifs is 2. The monoisotopic (exact) mass is 344 g/mol. The Hall–Kier alpha value is -1.13. The summed E-state index contributed by atoms with van der Waals surface area (Å²) in [5.41, 5.74) is 10.4. The van der Waals surface area contributed by atoms with Gasteiger partial charge < -0.3 is 15.4 Å². The van der Waals surface area contributed by atoms with E-state index in [-0.39, 0.29) is 23.4 Å². The predicted molar refractivity (Wildman–Crippen MR) is 97.8 cm³/mol. The van der Waals surface area contributed by atoms with Crippen LogP contribution in [0.4, 0.5) is 0 Å². The van der Waals surface area contributed by atoms with E-state index < -0.39 is 0 Å². The van der Waals surface area contributed by atoms with Crippen molar-refractivity contribution in [1.82, 2.24) is 5.16 Å². The molecule has 0 aliphatic heterocycles. The molecule has 25 heavy (non-hydrogen) atoms. The minimum atomic E-state index is 0.0581. The summed E-state index contributed by atoms with van der Waals surface area (Å²) in [6, 6.07) is 0. The second kappa shape index (κ2) is 5.95. The molecule has 0 radical (unpaired) electrons. The third kappa shape index (κ3) is 2.37. The predicted octanol–water partition coefficient (Wildman–Crippen LogP) is 3.35. The van der Waals surface area contributed by atoms with Gasteiger partial charge in [-0.25, -0.2) is 0 Å². The molecular formula is C21H32N2O2. The summed E-state index contributed by atoms with van der Waals surface area (Å²) in [5, 5.41) is 14.3. The number of hydrogen-bond donors (Lipinski definition) is 2. The van der Waals surface area contributed by atoms with Gasteiger partial charge in [0.15, 0.2) is 0 Å². The third-order valence-electron chi connectivity index (χ3n) is 8.40. The minimum absolute atomic E-state index is 0.0581. The van der Waals surface area contributed by atoms with Crippen molar-refractivity contribution in [3.8, 4) is 0 Å². The zero-order valence-corrected chi connectivity index (χ0v) is 15.6. The fourth-order valence-electron chi connectivity index (χ4n) is 6.66. The molecule has 1 aromatic heterocycles. The molecule has 0 spiro atoms. The van der Waals surface area contributed by atoms with Gasteiger partial charge in [-0.3, -0.25) is 0 Å². The minimum Gasteiger partial charge on any atom is -0.396 e. The second-order valence-electron chi connectivity index (χ2n) is 9.26. The standard InChI is InChI=1S/C21H32N2O2/c1-13-4-5-17-16(10-22)18(6-7-20(13,17)2)21(3)9-14-12-25-23-19(14)8-15(21)11-24/h12,15-18,24H,1,4-11,22H2,2-3H3/t15-,16+,17+,18+,20-,21+/m1/s1. The number of aliphatic hydroxyl groups is 1. The Kier molecular flexibility index (Phi) is 4.12. The third-order valence-corrected chi connectivity index (χ3v) is 8.40. The number of hydrogen-bond acceptors (Lipinski definition) is 4. The first-order valence-electron chi connectivity index (χ1n) is 9.85. The Morgan fingerprint density at radius 3 is 2.88 bits per heavy atom. The molecule has 6 atom stereocenters. The first-order chi connectivity index (χ1) is 11.9. The SMILES string of the molecule is C=C1CC[C@H]2[C@H](CN)[C@@H]([C@@]3(C)Cc4conc4C[C@@H]3CO)CC[C@]12C. The van der Waals surface area contributed by atoms with Crippen LogP contribution >= 0.6 is 0 Å². The van der Waals surface area contributed by atoms with Gasteiger partial charge >= 0.3 is 0 Å². The lowest BCUT2D eigenvalue weighted by molar-refractivity contribution is -0.0536. The van der Waals surface area contributed by atoms with Crippen molar-refractivity contribution in [2.24, 2.45) is 40.2 Å². The van der Waals surface area contributed by atoms with Crippen LogP contribution in [0.25, 0.3) is 0 Å². The Labute approximate surface area is 150 Å².